The van der Waals surface area contributed by atoms with Gasteiger partial charge < -0.3 is 29.6 Å². The first-order valence-corrected chi connectivity index (χ1v) is 19.1. The molecule has 284 valence electrons. The number of anilines is 4. The number of hydrogen-bond donors (Lipinski definition) is 3. The van der Waals surface area contributed by atoms with Crippen molar-refractivity contribution in [3.63, 3.8) is 0 Å². The zero-order chi connectivity index (χ0) is 38.5. The molecule has 4 heterocycles. The molecule has 15 heteroatoms. The highest BCUT2D eigenvalue weighted by Gasteiger charge is 2.24. The zero-order valence-corrected chi connectivity index (χ0v) is 31.0. The average Bonchev–Trinajstić information content (AvgIpc) is 3.59. The maximum Gasteiger partial charge on any atom is 0.259 e. The second-order valence-corrected chi connectivity index (χ2v) is 14.0. The number of imidazole rings is 1. The number of carbonyl (C=O) groups is 1. The lowest BCUT2D eigenvalue weighted by Crippen LogP contribution is -2.34. The van der Waals surface area contributed by atoms with Crippen LogP contribution in [0.5, 0.6) is 11.5 Å². The first-order valence-electron chi connectivity index (χ1n) is 17.8. The second kappa shape index (κ2) is 16.6. The average molecular weight is 768 g/mol. The van der Waals surface area contributed by atoms with Gasteiger partial charge in [-0.3, -0.25) is 9.20 Å². The van der Waals surface area contributed by atoms with Crippen molar-refractivity contribution in [2.75, 3.05) is 48.1 Å². The van der Waals surface area contributed by atoms with E-state index in [-0.39, 0.29) is 17.9 Å². The summed E-state index contributed by atoms with van der Waals surface area (Å²) in [6.45, 7) is 3.72. The van der Waals surface area contributed by atoms with Crippen molar-refractivity contribution in [2.45, 2.75) is 26.2 Å². The number of piperidine rings is 1. The summed E-state index contributed by atoms with van der Waals surface area (Å²) in [6, 6.07) is 21.6. The van der Waals surface area contributed by atoms with E-state index in [1.54, 1.807) is 44.5 Å². The molecule has 7 rings (SSSR count). The molecular weight excluding hydrogens is 729 g/mol. The standard InChI is InChI=1S/C40H39F2N7O5S/c1-3-54-33-13-10-26(23-28(33)39(50)47-37-29(41)7-6-8-30(37)42)36-38(49-19-5-4-9-35(49)46-36)32-14-18-43-40(45-32)44-31-12-11-27(24-34(31)53-2)48-20-15-25(16-21-48)17-22-55(51)52/h4-14,18-19,23-25H,3,15-17,20-22H2,1-2H3,(H,47,50)(H,51,52)(H,43,44,45). The van der Waals surface area contributed by atoms with E-state index in [0.717, 1.165) is 50.2 Å². The molecule has 0 radical (unpaired) electrons. The van der Waals surface area contributed by atoms with Crippen LogP contribution in [0.1, 0.15) is 36.5 Å². The Morgan fingerprint density at radius 1 is 0.982 bits per heavy atom. The largest absolute Gasteiger partial charge is 0.494 e. The summed E-state index contributed by atoms with van der Waals surface area (Å²) in [7, 11) is 1.60. The molecule has 1 unspecified atom stereocenters. The van der Waals surface area contributed by atoms with Gasteiger partial charge in [-0.15, -0.1) is 0 Å². The molecule has 1 aliphatic heterocycles. The molecule has 0 saturated carbocycles. The van der Waals surface area contributed by atoms with Gasteiger partial charge in [-0.05, 0) is 92.8 Å². The van der Waals surface area contributed by atoms with Crippen LogP contribution >= 0.6 is 0 Å². The van der Waals surface area contributed by atoms with E-state index >= 15 is 0 Å². The number of benzene rings is 3. The number of carbonyl (C=O) groups excluding carboxylic acids is 1. The molecule has 12 nitrogen and oxygen atoms in total. The summed E-state index contributed by atoms with van der Waals surface area (Å²) in [5.41, 5.74) is 3.99. The van der Waals surface area contributed by atoms with E-state index < -0.39 is 34.3 Å². The van der Waals surface area contributed by atoms with Crippen LogP contribution in [0.2, 0.25) is 0 Å². The lowest BCUT2D eigenvalue weighted by Gasteiger charge is -2.33. The second-order valence-electron chi connectivity index (χ2n) is 13.0. The Morgan fingerprint density at radius 3 is 2.53 bits per heavy atom. The Balaban J connectivity index is 1.19. The lowest BCUT2D eigenvalue weighted by atomic mass is 9.94. The van der Waals surface area contributed by atoms with E-state index in [1.165, 1.54) is 6.07 Å². The first kappa shape index (κ1) is 37.4. The van der Waals surface area contributed by atoms with Crippen molar-refractivity contribution in [2.24, 2.45) is 5.92 Å². The van der Waals surface area contributed by atoms with E-state index in [4.69, 9.17) is 24.0 Å². The highest BCUT2D eigenvalue weighted by atomic mass is 32.2. The Bertz CT molecular complexity index is 2350. The van der Waals surface area contributed by atoms with E-state index in [9.17, 15) is 17.8 Å². The third-order valence-electron chi connectivity index (χ3n) is 9.54. The number of para-hydroxylation sites is 1. The molecule has 0 aliphatic carbocycles. The predicted molar refractivity (Wildman–Crippen MR) is 209 cm³/mol. The summed E-state index contributed by atoms with van der Waals surface area (Å²) in [5, 5.41) is 5.66. The Hall–Kier alpha value is -5.93. The molecule has 6 aromatic rings. The molecule has 3 aromatic heterocycles. The molecule has 1 atom stereocenters. The van der Waals surface area contributed by atoms with Crippen LogP contribution in [0.3, 0.4) is 0 Å². The first-order chi connectivity index (χ1) is 26.7. The van der Waals surface area contributed by atoms with Crippen LogP contribution < -0.4 is 25.0 Å². The molecule has 3 N–H and O–H groups in total. The van der Waals surface area contributed by atoms with Crippen molar-refractivity contribution in [1.29, 1.82) is 0 Å². The van der Waals surface area contributed by atoms with Crippen LogP contribution in [0.15, 0.2) is 91.3 Å². The van der Waals surface area contributed by atoms with Gasteiger partial charge in [-0.1, -0.05) is 12.1 Å². The van der Waals surface area contributed by atoms with Crippen molar-refractivity contribution in [3.05, 3.63) is 108 Å². The fraction of sp³-hybridized carbons (Fsp3) is 0.250. The van der Waals surface area contributed by atoms with Crippen molar-refractivity contribution in [3.8, 4) is 34.1 Å². The van der Waals surface area contributed by atoms with E-state index in [0.29, 0.717) is 57.3 Å². The summed E-state index contributed by atoms with van der Waals surface area (Å²) < 4.78 is 62.7. The number of aromatic nitrogens is 4. The molecule has 3 aromatic carbocycles. The number of nitrogens with one attached hydrogen (secondary N) is 2. The van der Waals surface area contributed by atoms with Gasteiger partial charge in [0.05, 0.1) is 42.0 Å². The zero-order valence-electron chi connectivity index (χ0n) is 30.2. The van der Waals surface area contributed by atoms with Gasteiger partial charge in [-0.2, -0.15) is 0 Å². The van der Waals surface area contributed by atoms with Gasteiger partial charge in [0.1, 0.15) is 34.5 Å². The third-order valence-corrected chi connectivity index (χ3v) is 10.1. The molecule has 1 saturated heterocycles. The Kier molecular flexibility index (Phi) is 11.3. The summed E-state index contributed by atoms with van der Waals surface area (Å²) >= 11 is -1.76. The molecule has 55 heavy (non-hydrogen) atoms. The molecule has 1 amide bonds. The number of methoxy groups -OCH3 is 1. The van der Waals surface area contributed by atoms with Crippen molar-refractivity contribution < 1.29 is 31.8 Å². The maximum absolute atomic E-state index is 14.5. The summed E-state index contributed by atoms with van der Waals surface area (Å²) in [4.78, 5) is 30.1. The molecular formula is C40H39F2N7O5S. The van der Waals surface area contributed by atoms with Crippen molar-refractivity contribution in [1.82, 2.24) is 19.4 Å². The number of pyridine rings is 1. The minimum absolute atomic E-state index is 0.0642. The van der Waals surface area contributed by atoms with E-state index in [2.05, 4.69) is 20.5 Å². The summed E-state index contributed by atoms with van der Waals surface area (Å²) in [6.07, 6.45) is 6.14. The van der Waals surface area contributed by atoms with Crippen LogP contribution in [-0.2, 0) is 11.1 Å². The SMILES string of the molecule is CCOc1ccc(-c2nc3ccccn3c2-c2ccnc(Nc3ccc(N4CCC(CCS(=O)O)CC4)cc3OC)n2)cc1C(=O)Nc1c(F)cccc1F. The van der Waals surface area contributed by atoms with Crippen LogP contribution in [-0.4, -0.2) is 66.6 Å². The fourth-order valence-electron chi connectivity index (χ4n) is 6.77. The minimum Gasteiger partial charge on any atom is -0.494 e. The van der Waals surface area contributed by atoms with Crippen LogP contribution in [0.4, 0.5) is 31.8 Å². The normalized spacial score (nSPS) is 13.8. The molecule has 1 aliphatic rings. The topological polar surface area (TPSA) is 143 Å². The predicted octanol–water partition coefficient (Wildman–Crippen LogP) is 7.97. The van der Waals surface area contributed by atoms with Gasteiger partial charge in [0.15, 0.2) is 11.1 Å². The molecule has 1 fully saturated rings. The summed E-state index contributed by atoms with van der Waals surface area (Å²) in [5.74, 6) is -0.672. The Morgan fingerprint density at radius 2 is 1.78 bits per heavy atom. The monoisotopic (exact) mass is 767 g/mol. The van der Waals surface area contributed by atoms with Crippen molar-refractivity contribution >= 4 is 45.6 Å². The number of ether oxygens (including phenoxy) is 2. The minimum atomic E-state index is -1.76. The van der Waals surface area contributed by atoms with Gasteiger partial charge in [0, 0.05) is 48.6 Å². The number of nitrogens with zero attached hydrogens (tertiary/aromatic N) is 5. The third kappa shape index (κ3) is 8.27. The Labute approximate surface area is 318 Å². The highest BCUT2D eigenvalue weighted by Crippen LogP contribution is 2.37. The highest BCUT2D eigenvalue weighted by molar-refractivity contribution is 7.79. The van der Waals surface area contributed by atoms with Crippen LogP contribution in [0, 0.1) is 17.6 Å². The maximum atomic E-state index is 14.5. The fourth-order valence-corrected chi connectivity index (χ4v) is 7.31. The van der Waals surface area contributed by atoms with Crippen LogP contribution in [0.25, 0.3) is 28.3 Å². The number of amides is 1. The molecule has 0 bridgehead atoms. The number of hydrogen-bond acceptors (Lipinski definition) is 9. The number of fused-ring (bicyclic) bond motifs is 1. The number of halogens is 2. The quantitative estimate of drug-likeness (QED) is 0.0991. The van der Waals surface area contributed by atoms with Gasteiger partial charge in [0.25, 0.3) is 5.91 Å². The number of rotatable bonds is 13. The lowest BCUT2D eigenvalue weighted by molar-refractivity contribution is 0.102. The van der Waals surface area contributed by atoms with Gasteiger partial charge >= 0.3 is 0 Å². The smallest absolute Gasteiger partial charge is 0.259 e. The van der Waals surface area contributed by atoms with Gasteiger partial charge in [0.2, 0.25) is 5.95 Å². The molecule has 0 spiro atoms. The van der Waals surface area contributed by atoms with Gasteiger partial charge in [-0.25, -0.2) is 27.9 Å². The van der Waals surface area contributed by atoms with E-state index in [1.807, 2.05) is 47.0 Å².